The molecule has 0 bridgehead atoms. The van der Waals surface area contributed by atoms with Gasteiger partial charge in [-0.15, -0.1) is 0 Å². The molecule has 12 heavy (non-hydrogen) atoms. The van der Waals surface area contributed by atoms with Crippen molar-refractivity contribution in [3.05, 3.63) is 23.8 Å². The molecular formula is C12H18. The Bertz CT molecular complexity index is 222. The van der Waals surface area contributed by atoms with Crippen LogP contribution in [0.15, 0.2) is 23.8 Å². The van der Waals surface area contributed by atoms with Crippen LogP contribution in [0, 0.1) is 17.8 Å². The molecule has 2 aliphatic carbocycles. The third-order valence-corrected chi connectivity index (χ3v) is 3.27. The van der Waals surface area contributed by atoms with Gasteiger partial charge in [-0.05, 0) is 43.9 Å². The van der Waals surface area contributed by atoms with Gasteiger partial charge < -0.3 is 0 Å². The van der Waals surface area contributed by atoms with Gasteiger partial charge in [0.1, 0.15) is 0 Å². The molecule has 3 atom stereocenters. The van der Waals surface area contributed by atoms with Crippen LogP contribution < -0.4 is 0 Å². The second-order valence-corrected chi connectivity index (χ2v) is 4.49. The number of hydrogen-bond acceptors (Lipinski definition) is 0. The van der Waals surface area contributed by atoms with Crippen molar-refractivity contribution < 1.29 is 0 Å². The van der Waals surface area contributed by atoms with Crippen molar-refractivity contribution in [1.82, 2.24) is 0 Å². The molecule has 0 radical (unpaired) electrons. The van der Waals surface area contributed by atoms with Gasteiger partial charge in [-0.2, -0.15) is 0 Å². The Morgan fingerprint density at radius 1 is 1.33 bits per heavy atom. The van der Waals surface area contributed by atoms with Crippen molar-refractivity contribution in [2.24, 2.45) is 17.8 Å². The lowest BCUT2D eigenvalue weighted by molar-refractivity contribution is 0.323. The zero-order chi connectivity index (χ0) is 8.55. The van der Waals surface area contributed by atoms with E-state index < -0.39 is 0 Å². The van der Waals surface area contributed by atoms with Gasteiger partial charge in [0, 0.05) is 0 Å². The van der Waals surface area contributed by atoms with E-state index in [2.05, 4.69) is 32.1 Å². The quantitative estimate of drug-likeness (QED) is 0.478. The van der Waals surface area contributed by atoms with Gasteiger partial charge in [-0.3, -0.25) is 0 Å². The van der Waals surface area contributed by atoms with Crippen LogP contribution in [0.2, 0.25) is 0 Å². The maximum absolute atomic E-state index is 2.47. The summed E-state index contributed by atoms with van der Waals surface area (Å²) in [5.41, 5.74) is 1.59. The molecule has 3 unspecified atom stereocenters. The summed E-state index contributed by atoms with van der Waals surface area (Å²) >= 11 is 0. The first-order valence-corrected chi connectivity index (χ1v) is 5.11. The summed E-state index contributed by atoms with van der Waals surface area (Å²) < 4.78 is 0. The topological polar surface area (TPSA) is 0 Å². The molecule has 0 heteroatoms. The van der Waals surface area contributed by atoms with Crippen LogP contribution in [0.3, 0.4) is 0 Å². The summed E-state index contributed by atoms with van der Waals surface area (Å²) in [6, 6.07) is 0. The molecule has 66 valence electrons. The van der Waals surface area contributed by atoms with Gasteiger partial charge in [0.25, 0.3) is 0 Å². The molecule has 0 aromatic heterocycles. The van der Waals surface area contributed by atoms with Gasteiger partial charge in [-0.1, -0.05) is 30.7 Å². The highest BCUT2D eigenvalue weighted by Crippen LogP contribution is 2.37. The average molecular weight is 162 g/mol. The predicted octanol–water partition coefficient (Wildman–Crippen LogP) is 3.55. The predicted molar refractivity (Wildman–Crippen MR) is 52.9 cm³/mol. The van der Waals surface area contributed by atoms with E-state index in [9.17, 15) is 0 Å². The van der Waals surface area contributed by atoms with E-state index in [0.717, 1.165) is 17.8 Å². The zero-order valence-corrected chi connectivity index (χ0v) is 8.09. The molecular weight excluding hydrogens is 144 g/mol. The summed E-state index contributed by atoms with van der Waals surface area (Å²) in [5, 5.41) is 0. The van der Waals surface area contributed by atoms with E-state index in [0.29, 0.717) is 0 Å². The van der Waals surface area contributed by atoms with Crippen molar-refractivity contribution in [3.63, 3.8) is 0 Å². The lowest BCUT2D eigenvalue weighted by Crippen LogP contribution is -2.21. The summed E-state index contributed by atoms with van der Waals surface area (Å²) in [5.74, 6) is 2.54. The lowest BCUT2D eigenvalue weighted by Gasteiger charge is -2.32. The second kappa shape index (κ2) is 3.08. The molecule has 0 spiro atoms. The Hall–Kier alpha value is -0.520. The van der Waals surface area contributed by atoms with Crippen LogP contribution in [-0.4, -0.2) is 0 Å². The Balaban J connectivity index is 2.17. The highest BCUT2D eigenvalue weighted by Gasteiger charge is 2.25. The summed E-state index contributed by atoms with van der Waals surface area (Å²) in [7, 11) is 0. The van der Waals surface area contributed by atoms with Crippen molar-refractivity contribution in [2.45, 2.75) is 33.1 Å². The molecule has 0 N–H and O–H groups in total. The summed E-state index contributed by atoms with van der Waals surface area (Å²) in [6.07, 6.45) is 11.4. The van der Waals surface area contributed by atoms with Crippen LogP contribution in [-0.2, 0) is 0 Å². The molecule has 0 nitrogen and oxygen atoms in total. The largest absolute Gasteiger partial charge is 0.0851 e. The molecule has 0 aromatic rings. The molecule has 0 aliphatic heterocycles. The van der Waals surface area contributed by atoms with Crippen molar-refractivity contribution in [1.29, 1.82) is 0 Å². The third-order valence-electron chi connectivity index (χ3n) is 3.27. The van der Waals surface area contributed by atoms with E-state index in [4.69, 9.17) is 0 Å². The van der Waals surface area contributed by atoms with Crippen LogP contribution in [0.5, 0.6) is 0 Å². The Morgan fingerprint density at radius 2 is 2.17 bits per heavy atom. The standard InChI is InChI=1S/C12H18/c1-9-3-5-12-8-10(2)4-6-11(12)7-9/h3,5,8-9,11-12H,4,6-7H2,1-2H3. The van der Waals surface area contributed by atoms with E-state index in [1.807, 2.05) is 0 Å². The lowest BCUT2D eigenvalue weighted by atomic mass is 9.73. The maximum atomic E-state index is 2.47. The monoisotopic (exact) mass is 162 g/mol. The fraction of sp³-hybridized carbons (Fsp3) is 0.667. The highest BCUT2D eigenvalue weighted by molar-refractivity contribution is 5.16. The minimum absolute atomic E-state index is 0.773. The van der Waals surface area contributed by atoms with Crippen LogP contribution in [0.25, 0.3) is 0 Å². The van der Waals surface area contributed by atoms with E-state index in [1.54, 1.807) is 5.57 Å². The molecule has 0 saturated heterocycles. The summed E-state index contributed by atoms with van der Waals surface area (Å²) in [4.78, 5) is 0. The first-order chi connectivity index (χ1) is 5.75. The zero-order valence-electron chi connectivity index (χ0n) is 8.09. The van der Waals surface area contributed by atoms with E-state index >= 15 is 0 Å². The minimum atomic E-state index is 0.773. The molecule has 2 rings (SSSR count). The fourth-order valence-electron chi connectivity index (χ4n) is 2.52. The van der Waals surface area contributed by atoms with Crippen molar-refractivity contribution in [2.75, 3.05) is 0 Å². The fourth-order valence-corrected chi connectivity index (χ4v) is 2.52. The summed E-state index contributed by atoms with van der Waals surface area (Å²) in [6.45, 7) is 4.60. The van der Waals surface area contributed by atoms with Gasteiger partial charge in [0.05, 0.1) is 0 Å². The van der Waals surface area contributed by atoms with E-state index in [1.165, 1.54) is 19.3 Å². The number of fused-ring (bicyclic) bond motifs is 1. The van der Waals surface area contributed by atoms with Crippen LogP contribution in [0.4, 0.5) is 0 Å². The number of allylic oxidation sites excluding steroid dienone is 4. The number of rotatable bonds is 0. The number of hydrogen-bond donors (Lipinski definition) is 0. The van der Waals surface area contributed by atoms with Gasteiger partial charge in [0.15, 0.2) is 0 Å². The molecule has 0 fully saturated rings. The minimum Gasteiger partial charge on any atom is -0.0851 e. The Kier molecular flexibility index (Phi) is 2.08. The van der Waals surface area contributed by atoms with E-state index in [-0.39, 0.29) is 0 Å². The SMILES string of the molecule is CC1=CC2C=CC(C)CC2CC1. The molecule has 0 heterocycles. The van der Waals surface area contributed by atoms with Gasteiger partial charge in [-0.25, -0.2) is 0 Å². The molecule has 0 amide bonds. The van der Waals surface area contributed by atoms with Crippen LogP contribution >= 0.6 is 0 Å². The molecule has 0 saturated carbocycles. The highest BCUT2D eigenvalue weighted by atomic mass is 14.3. The average Bonchev–Trinajstić information content (AvgIpc) is 2.05. The van der Waals surface area contributed by atoms with Gasteiger partial charge >= 0.3 is 0 Å². The molecule has 2 aliphatic rings. The molecule has 0 aromatic carbocycles. The van der Waals surface area contributed by atoms with Crippen LogP contribution in [0.1, 0.15) is 33.1 Å². The first kappa shape index (κ1) is 8.10. The first-order valence-electron chi connectivity index (χ1n) is 5.11. The Labute approximate surface area is 75.4 Å². The van der Waals surface area contributed by atoms with Gasteiger partial charge in [0.2, 0.25) is 0 Å². The van der Waals surface area contributed by atoms with Crippen molar-refractivity contribution >= 4 is 0 Å². The maximum Gasteiger partial charge on any atom is -0.00222 e. The smallest absolute Gasteiger partial charge is 0.00222 e. The normalized spacial score (nSPS) is 40.5. The second-order valence-electron chi connectivity index (χ2n) is 4.49. The third kappa shape index (κ3) is 1.48. The van der Waals surface area contributed by atoms with Crippen molar-refractivity contribution in [3.8, 4) is 0 Å². The Morgan fingerprint density at radius 3 is 3.00 bits per heavy atom.